The van der Waals surface area contributed by atoms with Gasteiger partial charge in [-0.25, -0.2) is 9.97 Å². The molecule has 1 atom stereocenters. The first-order chi connectivity index (χ1) is 7.26. The molecule has 0 aliphatic rings. The molecule has 0 aliphatic heterocycles. The molecule has 1 unspecified atom stereocenters. The third-order valence-electron chi connectivity index (χ3n) is 2.06. The molecule has 0 radical (unpaired) electrons. The molecule has 15 heavy (non-hydrogen) atoms. The highest BCUT2D eigenvalue weighted by molar-refractivity contribution is 6.20. The Bertz CT molecular complexity index is 294. The van der Waals surface area contributed by atoms with Crippen molar-refractivity contribution in [1.82, 2.24) is 9.97 Å². The van der Waals surface area contributed by atoms with Gasteiger partial charge >= 0.3 is 0 Å². The van der Waals surface area contributed by atoms with E-state index in [1.54, 1.807) is 13.4 Å². The lowest BCUT2D eigenvalue weighted by Gasteiger charge is -2.07. The Labute approximate surface area is 95.8 Å². The zero-order valence-electron chi connectivity index (χ0n) is 9.24. The van der Waals surface area contributed by atoms with Crippen LogP contribution in [0.3, 0.4) is 0 Å². The molecule has 0 saturated heterocycles. The zero-order chi connectivity index (χ0) is 11.1. The van der Waals surface area contributed by atoms with Crippen LogP contribution in [0.25, 0.3) is 0 Å². The lowest BCUT2D eigenvalue weighted by molar-refractivity contribution is 0.197. The van der Waals surface area contributed by atoms with Crippen LogP contribution in [0.4, 0.5) is 0 Å². The van der Waals surface area contributed by atoms with E-state index in [9.17, 15) is 0 Å². The van der Waals surface area contributed by atoms with E-state index in [0.717, 1.165) is 30.7 Å². The highest BCUT2D eigenvalue weighted by Crippen LogP contribution is 2.08. The minimum atomic E-state index is -0.0145. The summed E-state index contributed by atoms with van der Waals surface area (Å²) in [6.07, 6.45) is 4.43. The average molecular weight is 229 g/mol. The Balaban J connectivity index is 2.56. The van der Waals surface area contributed by atoms with Gasteiger partial charge in [0.05, 0.1) is 12.0 Å². The summed E-state index contributed by atoms with van der Waals surface area (Å²) >= 11 is 6.06. The quantitative estimate of drug-likeness (QED) is 0.701. The minimum Gasteiger partial charge on any atom is -0.383 e. The number of rotatable bonds is 6. The number of methoxy groups -OCH3 is 1. The van der Waals surface area contributed by atoms with Gasteiger partial charge in [-0.15, -0.1) is 11.6 Å². The highest BCUT2D eigenvalue weighted by Gasteiger charge is 2.07. The van der Waals surface area contributed by atoms with E-state index in [-0.39, 0.29) is 5.38 Å². The molecular formula is C11H17ClN2O. The maximum Gasteiger partial charge on any atom is 0.115 e. The molecular weight excluding hydrogens is 212 g/mol. The first-order valence-corrected chi connectivity index (χ1v) is 5.62. The van der Waals surface area contributed by atoms with Gasteiger partial charge in [0, 0.05) is 24.9 Å². The fourth-order valence-corrected chi connectivity index (χ4v) is 1.70. The predicted molar refractivity (Wildman–Crippen MR) is 61.2 cm³/mol. The van der Waals surface area contributed by atoms with E-state index < -0.39 is 0 Å². The summed E-state index contributed by atoms with van der Waals surface area (Å²) in [4.78, 5) is 8.39. The Hall–Kier alpha value is -0.670. The first kappa shape index (κ1) is 12.4. The van der Waals surface area contributed by atoms with Gasteiger partial charge in [-0.1, -0.05) is 13.3 Å². The van der Waals surface area contributed by atoms with Crippen LogP contribution in [0, 0.1) is 0 Å². The second-order valence-corrected chi connectivity index (χ2v) is 4.12. The summed E-state index contributed by atoms with van der Waals surface area (Å²) in [5.41, 5.74) is 2.08. The van der Waals surface area contributed by atoms with Crippen LogP contribution in [0.5, 0.6) is 0 Å². The smallest absolute Gasteiger partial charge is 0.115 e. The van der Waals surface area contributed by atoms with Gasteiger partial charge in [-0.3, -0.25) is 0 Å². The van der Waals surface area contributed by atoms with Crippen molar-refractivity contribution in [2.75, 3.05) is 13.7 Å². The lowest BCUT2D eigenvalue weighted by Crippen LogP contribution is -2.12. The standard InChI is InChI=1S/C11H17ClN2O/c1-3-4-10-6-11(14-8-13-10)5-9(12)7-15-2/h6,8-9H,3-5,7H2,1-2H3. The second kappa shape index (κ2) is 6.75. The van der Waals surface area contributed by atoms with E-state index in [1.165, 1.54) is 0 Å². The van der Waals surface area contributed by atoms with Crippen molar-refractivity contribution >= 4 is 11.6 Å². The number of hydrogen-bond acceptors (Lipinski definition) is 3. The van der Waals surface area contributed by atoms with E-state index >= 15 is 0 Å². The topological polar surface area (TPSA) is 35.0 Å². The molecule has 0 amide bonds. The number of aromatic nitrogens is 2. The van der Waals surface area contributed by atoms with Crippen molar-refractivity contribution in [3.63, 3.8) is 0 Å². The van der Waals surface area contributed by atoms with Crippen LogP contribution in [0.15, 0.2) is 12.4 Å². The SMILES string of the molecule is CCCc1cc(CC(Cl)COC)ncn1. The van der Waals surface area contributed by atoms with Crippen LogP contribution in [-0.4, -0.2) is 29.1 Å². The third kappa shape index (κ3) is 4.58. The average Bonchev–Trinajstić information content (AvgIpc) is 2.19. The molecule has 1 rings (SSSR count). The Morgan fingerprint density at radius 2 is 2.13 bits per heavy atom. The minimum absolute atomic E-state index is 0.0145. The van der Waals surface area contributed by atoms with Crippen molar-refractivity contribution in [3.05, 3.63) is 23.8 Å². The van der Waals surface area contributed by atoms with Crippen LogP contribution >= 0.6 is 11.6 Å². The Morgan fingerprint density at radius 1 is 1.40 bits per heavy atom. The normalized spacial score (nSPS) is 12.7. The van der Waals surface area contributed by atoms with Gasteiger partial charge < -0.3 is 4.74 Å². The molecule has 0 saturated carbocycles. The van der Waals surface area contributed by atoms with Crippen LogP contribution in [-0.2, 0) is 17.6 Å². The highest BCUT2D eigenvalue weighted by atomic mass is 35.5. The third-order valence-corrected chi connectivity index (χ3v) is 2.34. The summed E-state index contributed by atoms with van der Waals surface area (Å²) in [5, 5.41) is -0.0145. The fourth-order valence-electron chi connectivity index (χ4n) is 1.42. The van der Waals surface area contributed by atoms with Crippen LogP contribution in [0.2, 0.25) is 0 Å². The molecule has 0 fully saturated rings. The van der Waals surface area contributed by atoms with Gasteiger partial charge in [0.1, 0.15) is 6.33 Å². The summed E-state index contributed by atoms with van der Waals surface area (Å²) < 4.78 is 4.98. The Kier molecular flexibility index (Phi) is 5.58. The predicted octanol–water partition coefficient (Wildman–Crippen LogP) is 2.23. The lowest BCUT2D eigenvalue weighted by atomic mass is 10.2. The van der Waals surface area contributed by atoms with E-state index in [1.807, 2.05) is 6.07 Å². The molecule has 84 valence electrons. The molecule has 0 spiro atoms. The molecule has 3 nitrogen and oxygen atoms in total. The van der Waals surface area contributed by atoms with Crippen molar-refractivity contribution in [3.8, 4) is 0 Å². The first-order valence-electron chi connectivity index (χ1n) is 5.19. The molecule has 0 aromatic carbocycles. The molecule has 1 aromatic heterocycles. The van der Waals surface area contributed by atoms with Gasteiger partial charge in [0.2, 0.25) is 0 Å². The van der Waals surface area contributed by atoms with Crippen molar-refractivity contribution in [2.45, 2.75) is 31.6 Å². The summed E-state index contributed by atoms with van der Waals surface area (Å²) in [5.74, 6) is 0. The van der Waals surface area contributed by atoms with E-state index in [2.05, 4.69) is 16.9 Å². The molecule has 0 bridgehead atoms. The number of aryl methyl sites for hydroxylation is 1. The van der Waals surface area contributed by atoms with Crippen molar-refractivity contribution in [2.24, 2.45) is 0 Å². The fraction of sp³-hybridized carbons (Fsp3) is 0.636. The van der Waals surface area contributed by atoms with Crippen LogP contribution < -0.4 is 0 Å². The van der Waals surface area contributed by atoms with Crippen molar-refractivity contribution < 1.29 is 4.74 Å². The molecule has 0 N–H and O–H groups in total. The number of hydrogen-bond donors (Lipinski definition) is 0. The maximum absolute atomic E-state index is 6.06. The number of alkyl halides is 1. The van der Waals surface area contributed by atoms with Gasteiger partial charge in [-0.2, -0.15) is 0 Å². The number of nitrogens with zero attached hydrogens (tertiary/aromatic N) is 2. The van der Waals surface area contributed by atoms with E-state index in [4.69, 9.17) is 16.3 Å². The molecule has 4 heteroatoms. The molecule has 1 heterocycles. The largest absolute Gasteiger partial charge is 0.383 e. The van der Waals surface area contributed by atoms with Gasteiger partial charge in [0.25, 0.3) is 0 Å². The number of halogens is 1. The summed E-state index contributed by atoms with van der Waals surface area (Å²) in [6.45, 7) is 2.69. The van der Waals surface area contributed by atoms with E-state index in [0.29, 0.717) is 6.61 Å². The van der Waals surface area contributed by atoms with Crippen LogP contribution in [0.1, 0.15) is 24.7 Å². The summed E-state index contributed by atoms with van der Waals surface area (Å²) in [7, 11) is 1.65. The summed E-state index contributed by atoms with van der Waals surface area (Å²) in [6, 6.07) is 2.02. The second-order valence-electron chi connectivity index (χ2n) is 3.51. The van der Waals surface area contributed by atoms with Gasteiger partial charge in [0.15, 0.2) is 0 Å². The zero-order valence-corrected chi connectivity index (χ0v) is 10.00. The monoisotopic (exact) mass is 228 g/mol. The molecule has 0 aliphatic carbocycles. The van der Waals surface area contributed by atoms with Gasteiger partial charge in [-0.05, 0) is 12.5 Å². The molecule has 1 aromatic rings. The number of ether oxygens (including phenoxy) is 1. The van der Waals surface area contributed by atoms with Crippen molar-refractivity contribution in [1.29, 1.82) is 0 Å². The maximum atomic E-state index is 6.06. The Morgan fingerprint density at radius 3 is 2.80 bits per heavy atom.